The van der Waals surface area contributed by atoms with Crippen LogP contribution in [0, 0.1) is 0 Å². The molecular weight excluding hydrogens is 246 g/mol. The normalized spacial score (nSPS) is 11.0. The lowest BCUT2D eigenvalue weighted by Crippen LogP contribution is -2.05. The first-order valence-corrected chi connectivity index (χ1v) is 5.09. The van der Waals surface area contributed by atoms with E-state index < -0.39 is 0 Å². The average molecular weight is 256 g/mol. The molecule has 0 saturated heterocycles. The van der Waals surface area contributed by atoms with E-state index in [4.69, 9.17) is 4.74 Å². The Labute approximate surface area is 90.0 Å². The lowest BCUT2D eigenvalue weighted by molar-refractivity contribution is 0.184. The lowest BCUT2D eigenvalue weighted by atomic mass is 10.3. The van der Waals surface area contributed by atoms with Crippen LogP contribution in [0.4, 0.5) is 0 Å². The highest BCUT2D eigenvalue weighted by Crippen LogP contribution is 2.21. The summed E-state index contributed by atoms with van der Waals surface area (Å²) < 4.78 is 7.85. The van der Waals surface area contributed by atoms with E-state index in [0.717, 1.165) is 22.1 Å². The summed E-state index contributed by atoms with van der Waals surface area (Å²) in [7, 11) is 1.67. The Hall–Kier alpha value is -0.940. The minimum Gasteiger partial charge on any atom is -0.383 e. The summed E-state index contributed by atoms with van der Waals surface area (Å²) in [5.74, 6) is 0. The van der Waals surface area contributed by atoms with Gasteiger partial charge in [-0.1, -0.05) is 11.3 Å². The Balaban J connectivity index is 2.45. The number of aromatic nitrogens is 3. The van der Waals surface area contributed by atoms with Gasteiger partial charge in [0.05, 0.1) is 13.2 Å². The molecule has 1 aromatic heterocycles. The van der Waals surface area contributed by atoms with E-state index in [2.05, 4.69) is 26.2 Å². The summed E-state index contributed by atoms with van der Waals surface area (Å²) in [6, 6.07) is 5.87. The Morgan fingerprint density at radius 3 is 3.14 bits per heavy atom. The van der Waals surface area contributed by atoms with Gasteiger partial charge in [-0.2, -0.15) is 0 Å². The molecule has 74 valence electrons. The maximum absolute atomic E-state index is 5.00. The summed E-state index contributed by atoms with van der Waals surface area (Å²) in [4.78, 5) is 0. The SMILES string of the molecule is COCCn1nnc2cccc(Br)c21. The number of fused-ring (bicyclic) bond motifs is 1. The average Bonchev–Trinajstić information content (AvgIpc) is 2.59. The first-order valence-electron chi connectivity index (χ1n) is 4.29. The highest BCUT2D eigenvalue weighted by Gasteiger charge is 2.06. The van der Waals surface area contributed by atoms with Crippen molar-refractivity contribution in [3.63, 3.8) is 0 Å². The van der Waals surface area contributed by atoms with E-state index in [-0.39, 0.29) is 0 Å². The summed E-state index contributed by atoms with van der Waals surface area (Å²) >= 11 is 3.48. The molecule has 0 aliphatic carbocycles. The molecule has 0 unspecified atom stereocenters. The van der Waals surface area contributed by atoms with Gasteiger partial charge in [-0.25, -0.2) is 4.68 Å². The molecule has 0 atom stereocenters. The first kappa shape index (κ1) is 9.61. The van der Waals surface area contributed by atoms with Crippen molar-refractivity contribution in [3.05, 3.63) is 22.7 Å². The minimum atomic E-state index is 0.639. The van der Waals surface area contributed by atoms with Crippen molar-refractivity contribution in [2.24, 2.45) is 0 Å². The summed E-state index contributed by atoms with van der Waals surface area (Å²) in [6.07, 6.45) is 0. The largest absolute Gasteiger partial charge is 0.383 e. The van der Waals surface area contributed by atoms with Gasteiger partial charge in [0.2, 0.25) is 0 Å². The molecule has 4 nitrogen and oxygen atoms in total. The van der Waals surface area contributed by atoms with Crippen LogP contribution in [0.15, 0.2) is 22.7 Å². The van der Waals surface area contributed by atoms with Crippen molar-refractivity contribution in [3.8, 4) is 0 Å². The molecule has 0 aliphatic heterocycles. The number of hydrogen-bond donors (Lipinski definition) is 0. The molecule has 0 N–H and O–H groups in total. The molecule has 5 heteroatoms. The number of rotatable bonds is 3. The number of ether oxygens (including phenoxy) is 1. The van der Waals surface area contributed by atoms with Gasteiger partial charge in [0.1, 0.15) is 11.0 Å². The molecule has 0 fully saturated rings. The van der Waals surface area contributed by atoms with E-state index in [1.165, 1.54) is 0 Å². The Morgan fingerprint density at radius 1 is 1.50 bits per heavy atom. The quantitative estimate of drug-likeness (QED) is 0.841. The molecule has 14 heavy (non-hydrogen) atoms. The topological polar surface area (TPSA) is 39.9 Å². The maximum atomic E-state index is 5.00. The van der Waals surface area contributed by atoms with Crippen LogP contribution in [0.3, 0.4) is 0 Å². The molecule has 1 aromatic carbocycles. The van der Waals surface area contributed by atoms with Crippen molar-refractivity contribution in [2.45, 2.75) is 6.54 Å². The molecular formula is C9H10BrN3O. The summed E-state index contributed by atoms with van der Waals surface area (Å²) in [5, 5.41) is 8.11. The predicted octanol–water partition coefficient (Wildman–Crippen LogP) is 1.84. The summed E-state index contributed by atoms with van der Waals surface area (Å²) in [6.45, 7) is 1.36. The zero-order valence-electron chi connectivity index (χ0n) is 7.77. The van der Waals surface area contributed by atoms with Crippen LogP contribution in [-0.4, -0.2) is 28.7 Å². The predicted molar refractivity (Wildman–Crippen MR) is 57.1 cm³/mol. The molecule has 0 amide bonds. The number of hydrogen-bond acceptors (Lipinski definition) is 3. The summed E-state index contributed by atoms with van der Waals surface area (Å²) in [5.41, 5.74) is 1.92. The number of nitrogens with zero attached hydrogens (tertiary/aromatic N) is 3. The van der Waals surface area contributed by atoms with Gasteiger partial charge in [-0.15, -0.1) is 5.10 Å². The second-order valence-corrected chi connectivity index (χ2v) is 3.77. The van der Waals surface area contributed by atoms with Crippen LogP contribution in [0.25, 0.3) is 11.0 Å². The molecule has 0 aliphatic rings. The van der Waals surface area contributed by atoms with Crippen LogP contribution in [0.2, 0.25) is 0 Å². The monoisotopic (exact) mass is 255 g/mol. The zero-order valence-corrected chi connectivity index (χ0v) is 9.36. The van der Waals surface area contributed by atoms with Crippen LogP contribution < -0.4 is 0 Å². The van der Waals surface area contributed by atoms with Crippen molar-refractivity contribution in [1.82, 2.24) is 15.0 Å². The Bertz CT molecular complexity index is 441. The van der Waals surface area contributed by atoms with Crippen molar-refractivity contribution in [1.29, 1.82) is 0 Å². The van der Waals surface area contributed by atoms with Gasteiger partial charge in [0, 0.05) is 11.6 Å². The Morgan fingerprint density at radius 2 is 2.36 bits per heavy atom. The van der Waals surface area contributed by atoms with E-state index in [1.807, 2.05) is 22.9 Å². The van der Waals surface area contributed by atoms with E-state index in [9.17, 15) is 0 Å². The van der Waals surface area contributed by atoms with Crippen LogP contribution in [0.1, 0.15) is 0 Å². The fourth-order valence-corrected chi connectivity index (χ4v) is 1.88. The number of methoxy groups -OCH3 is 1. The zero-order chi connectivity index (χ0) is 9.97. The van der Waals surface area contributed by atoms with Crippen molar-refractivity contribution >= 4 is 27.0 Å². The molecule has 2 rings (SSSR count). The molecule has 2 aromatic rings. The van der Waals surface area contributed by atoms with Gasteiger partial charge >= 0.3 is 0 Å². The van der Waals surface area contributed by atoms with Crippen LogP contribution in [0.5, 0.6) is 0 Å². The molecule has 0 spiro atoms. The van der Waals surface area contributed by atoms with Gasteiger partial charge < -0.3 is 4.74 Å². The fourth-order valence-electron chi connectivity index (χ4n) is 1.32. The lowest BCUT2D eigenvalue weighted by Gasteiger charge is -2.01. The highest BCUT2D eigenvalue weighted by molar-refractivity contribution is 9.10. The van der Waals surface area contributed by atoms with Crippen LogP contribution in [-0.2, 0) is 11.3 Å². The molecule has 0 radical (unpaired) electrons. The molecule has 0 bridgehead atoms. The smallest absolute Gasteiger partial charge is 0.114 e. The second-order valence-electron chi connectivity index (χ2n) is 2.91. The minimum absolute atomic E-state index is 0.639. The Kier molecular flexibility index (Phi) is 2.79. The molecule has 1 heterocycles. The van der Waals surface area contributed by atoms with Gasteiger partial charge in [0.15, 0.2) is 0 Å². The maximum Gasteiger partial charge on any atom is 0.114 e. The number of halogens is 1. The second kappa shape index (κ2) is 4.06. The number of para-hydroxylation sites is 1. The van der Waals surface area contributed by atoms with Gasteiger partial charge in [-0.3, -0.25) is 0 Å². The van der Waals surface area contributed by atoms with E-state index >= 15 is 0 Å². The third-order valence-electron chi connectivity index (χ3n) is 1.99. The molecule has 0 saturated carbocycles. The van der Waals surface area contributed by atoms with Crippen molar-refractivity contribution < 1.29 is 4.74 Å². The first-order chi connectivity index (χ1) is 6.83. The van der Waals surface area contributed by atoms with E-state index in [1.54, 1.807) is 7.11 Å². The standard InChI is InChI=1S/C9H10BrN3O/c1-14-6-5-13-9-7(10)3-2-4-8(9)11-12-13/h2-4H,5-6H2,1H3. The van der Waals surface area contributed by atoms with Gasteiger partial charge in [0.25, 0.3) is 0 Å². The van der Waals surface area contributed by atoms with Gasteiger partial charge in [-0.05, 0) is 28.1 Å². The third-order valence-corrected chi connectivity index (χ3v) is 2.63. The van der Waals surface area contributed by atoms with E-state index in [0.29, 0.717) is 6.61 Å². The van der Waals surface area contributed by atoms with Crippen molar-refractivity contribution in [2.75, 3.05) is 13.7 Å². The fraction of sp³-hybridized carbons (Fsp3) is 0.333. The van der Waals surface area contributed by atoms with Crippen LogP contribution >= 0.6 is 15.9 Å². The third kappa shape index (κ3) is 1.65. The highest BCUT2D eigenvalue weighted by atomic mass is 79.9. The number of benzene rings is 1.